The normalized spacial score (nSPS) is 11.5. The van der Waals surface area contributed by atoms with Gasteiger partial charge in [-0.25, -0.2) is 4.98 Å². The van der Waals surface area contributed by atoms with Crippen molar-refractivity contribution in [1.29, 1.82) is 0 Å². The molecule has 0 spiro atoms. The second-order valence-corrected chi connectivity index (χ2v) is 3.01. The van der Waals surface area contributed by atoms with Crippen LogP contribution in [0.2, 0.25) is 0 Å². The third kappa shape index (κ3) is 3.16. The maximum absolute atomic E-state index is 11.8. The van der Waals surface area contributed by atoms with Gasteiger partial charge in [0.15, 0.2) is 5.75 Å². The minimum absolute atomic E-state index is 0.0543. The lowest BCUT2D eigenvalue weighted by Gasteiger charge is -2.11. The van der Waals surface area contributed by atoms with E-state index in [2.05, 4.69) is 9.72 Å². The van der Waals surface area contributed by atoms with Crippen LogP contribution >= 0.6 is 11.6 Å². The zero-order valence-corrected chi connectivity index (χ0v) is 8.35. The Labute approximate surface area is 88.5 Å². The van der Waals surface area contributed by atoms with Gasteiger partial charge in [0.2, 0.25) is 0 Å². The van der Waals surface area contributed by atoms with Crippen LogP contribution in [0.15, 0.2) is 6.07 Å². The Kier molecular flexibility index (Phi) is 3.28. The minimum atomic E-state index is -4.88. The Morgan fingerprint density at radius 3 is 2.60 bits per heavy atom. The standard InChI is InChI=1S/C8H7ClF3NO2/c1-4-5(3-9)2-6(14)7(13-4)15-8(10,11)12/h2,14H,3H2,1H3. The molecule has 1 rings (SSSR count). The number of halogens is 4. The zero-order chi connectivity index (χ0) is 11.6. The first kappa shape index (κ1) is 11.9. The van der Waals surface area contributed by atoms with E-state index >= 15 is 0 Å². The van der Waals surface area contributed by atoms with E-state index < -0.39 is 18.0 Å². The molecular formula is C8H7ClF3NO2. The molecule has 7 heteroatoms. The van der Waals surface area contributed by atoms with Crippen molar-refractivity contribution in [2.75, 3.05) is 0 Å². The molecule has 0 aliphatic carbocycles. The van der Waals surface area contributed by atoms with Crippen LogP contribution in [0.4, 0.5) is 13.2 Å². The second kappa shape index (κ2) is 4.14. The maximum Gasteiger partial charge on any atom is 0.574 e. The number of aromatic hydroxyl groups is 1. The third-order valence-corrected chi connectivity index (χ3v) is 1.91. The summed E-state index contributed by atoms with van der Waals surface area (Å²) in [6, 6.07) is 1.09. The summed E-state index contributed by atoms with van der Waals surface area (Å²) in [5.41, 5.74) is 0.728. The van der Waals surface area contributed by atoms with Gasteiger partial charge in [-0.05, 0) is 18.6 Å². The lowest BCUT2D eigenvalue weighted by atomic mass is 10.2. The molecule has 1 aromatic rings. The average Bonchev–Trinajstić information content (AvgIpc) is 2.08. The molecule has 3 nitrogen and oxygen atoms in total. The Morgan fingerprint density at radius 1 is 1.53 bits per heavy atom. The highest BCUT2D eigenvalue weighted by molar-refractivity contribution is 6.17. The Balaban J connectivity index is 3.05. The van der Waals surface area contributed by atoms with E-state index in [0.29, 0.717) is 5.56 Å². The van der Waals surface area contributed by atoms with Crippen molar-refractivity contribution in [3.63, 3.8) is 0 Å². The fourth-order valence-electron chi connectivity index (χ4n) is 0.933. The molecule has 0 bridgehead atoms. The first-order chi connectivity index (χ1) is 6.83. The molecule has 0 saturated heterocycles. The van der Waals surface area contributed by atoms with Crippen molar-refractivity contribution in [1.82, 2.24) is 4.98 Å². The highest BCUT2D eigenvalue weighted by Gasteiger charge is 2.33. The van der Waals surface area contributed by atoms with Crippen molar-refractivity contribution in [3.8, 4) is 11.6 Å². The van der Waals surface area contributed by atoms with Gasteiger partial charge >= 0.3 is 6.36 Å². The number of alkyl halides is 4. The summed E-state index contributed by atoms with van der Waals surface area (Å²) in [6.07, 6.45) is -4.88. The van der Waals surface area contributed by atoms with E-state index in [1.54, 1.807) is 0 Å². The molecule has 0 saturated carbocycles. The smallest absolute Gasteiger partial charge is 0.503 e. The molecule has 0 amide bonds. The topological polar surface area (TPSA) is 42.4 Å². The highest BCUT2D eigenvalue weighted by Crippen LogP contribution is 2.31. The van der Waals surface area contributed by atoms with Gasteiger partial charge < -0.3 is 9.84 Å². The summed E-state index contributed by atoms with van der Waals surface area (Å²) in [7, 11) is 0. The van der Waals surface area contributed by atoms with Crippen LogP contribution in [0.25, 0.3) is 0 Å². The molecule has 84 valence electrons. The Hall–Kier alpha value is -1.17. The molecule has 0 radical (unpaired) electrons. The largest absolute Gasteiger partial charge is 0.574 e. The van der Waals surface area contributed by atoms with Crippen molar-refractivity contribution < 1.29 is 23.0 Å². The number of hydrogen-bond donors (Lipinski definition) is 1. The molecule has 1 aromatic heterocycles. The van der Waals surface area contributed by atoms with Crippen LogP contribution in [0.3, 0.4) is 0 Å². The maximum atomic E-state index is 11.8. The van der Waals surface area contributed by atoms with Crippen LogP contribution in [-0.4, -0.2) is 16.5 Å². The number of nitrogens with zero attached hydrogens (tertiary/aromatic N) is 1. The number of rotatable bonds is 2. The molecule has 0 unspecified atom stereocenters. The Bertz CT molecular complexity index is 368. The molecular weight excluding hydrogens is 235 g/mol. The number of hydrogen-bond acceptors (Lipinski definition) is 3. The van der Waals surface area contributed by atoms with E-state index in [-0.39, 0.29) is 11.6 Å². The van der Waals surface area contributed by atoms with E-state index in [1.165, 1.54) is 6.92 Å². The fraction of sp³-hybridized carbons (Fsp3) is 0.375. The van der Waals surface area contributed by atoms with Crippen molar-refractivity contribution in [3.05, 3.63) is 17.3 Å². The molecule has 0 fully saturated rings. The summed E-state index contributed by atoms with van der Waals surface area (Å²) in [4.78, 5) is 3.45. The molecule has 1 N–H and O–H groups in total. The lowest BCUT2D eigenvalue weighted by molar-refractivity contribution is -0.276. The number of ether oxygens (including phenoxy) is 1. The number of aryl methyl sites for hydroxylation is 1. The van der Waals surface area contributed by atoms with E-state index in [4.69, 9.17) is 16.7 Å². The molecule has 0 aliphatic heterocycles. The molecule has 0 aliphatic rings. The molecule has 0 atom stereocenters. The van der Waals surface area contributed by atoms with Gasteiger partial charge in [-0.1, -0.05) is 0 Å². The highest BCUT2D eigenvalue weighted by atomic mass is 35.5. The summed E-state index contributed by atoms with van der Waals surface area (Å²) in [6.45, 7) is 1.47. The minimum Gasteiger partial charge on any atom is -0.503 e. The number of aromatic nitrogens is 1. The third-order valence-electron chi connectivity index (χ3n) is 1.62. The van der Waals surface area contributed by atoms with E-state index in [1.807, 2.05) is 0 Å². The summed E-state index contributed by atoms with van der Waals surface area (Å²) in [5, 5.41) is 9.16. The van der Waals surface area contributed by atoms with Crippen LogP contribution in [-0.2, 0) is 5.88 Å². The molecule has 0 aromatic carbocycles. The molecule has 1 heterocycles. The van der Waals surface area contributed by atoms with Crippen LogP contribution in [0, 0.1) is 6.92 Å². The van der Waals surface area contributed by atoms with Gasteiger partial charge in [0.1, 0.15) is 0 Å². The first-order valence-corrected chi connectivity index (χ1v) is 4.38. The lowest BCUT2D eigenvalue weighted by Crippen LogP contribution is -2.18. The summed E-state index contributed by atoms with van der Waals surface area (Å²) >= 11 is 5.48. The average molecular weight is 242 g/mol. The van der Waals surface area contributed by atoms with Gasteiger partial charge in [0, 0.05) is 11.6 Å². The Morgan fingerprint density at radius 2 is 2.13 bits per heavy atom. The van der Waals surface area contributed by atoms with Crippen LogP contribution < -0.4 is 4.74 Å². The zero-order valence-electron chi connectivity index (χ0n) is 7.60. The van der Waals surface area contributed by atoms with Gasteiger partial charge in [0.05, 0.1) is 0 Å². The predicted octanol–water partition coefficient (Wildman–Crippen LogP) is 2.73. The SMILES string of the molecule is Cc1nc(OC(F)(F)F)c(O)cc1CCl. The van der Waals surface area contributed by atoms with Crippen LogP contribution in [0.1, 0.15) is 11.3 Å². The van der Waals surface area contributed by atoms with Gasteiger partial charge in [-0.15, -0.1) is 24.8 Å². The van der Waals surface area contributed by atoms with Crippen molar-refractivity contribution in [2.45, 2.75) is 19.2 Å². The fourth-order valence-corrected chi connectivity index (χ4v) is 1.20. The monoisotopic (exact) mass is 241 g/mol. The van der Waals surface area contributed by atoms with Gasteiger partial charge in [-0.3, -0.25) is 0 Å². The quantitative estimate of drug-likeness (QED) is 0.810. The van der Waals surface area contributed by atoms with Crippen molar-refractivity contribution in [2.24, 2.45) is 0 Å². The number of pyridine rings is 1. The van der Waals surface area contributed by atoms with E-state index in [9.17, 15) is 13.2 Å². The first-order valence-electron chi connectivity index (χ1n) is 3.84. The summed E-state index contributed by atoms with van der Waals surface area (Å²) < 4.78 is 39.0. The van der Waals surface area contributed by atoms with Crippen LogP contribution in [0.5, 0.6) is 11.6 Å². The molecule has 15 heavy (non-hydrogen) atoms. The second-order valence-electron chi connectivity index (χ2n) is 2.74. The van der Waals surface area contributed by atoms with Gasteiger partial charge in [0.25, 0.3) is 5.88 Å². The summed E-state index contributed by atoms with van der Waals surface area (Å²) in [5.74, 6) is -1.50. The van der Waals surface area contributed by atoms with Gasteiger partial charge in [-0.2, -0.15) is 0 Å². The van der Waals surface area contributed by atoms with Crippen molar-refractivity contribution >= 4 is 11.6 Å². The van der Waals surface area contributed by atoms with E-state index in [0.717, 1.165) is 6.07 Å². The predicted molar refractivity (Wildman–Crippen MR) is 46.9 cm³/mol.